The van der Waals surface area contributed by atoms with Crippen LogP contribution in [0.4, 0.5) is 11.5 Å². The average Bonchev–Trinajstić information content (AvgIpc) is 2.33. The molecule has 1 fully saturated rings. The summed E-state index contributed by atoms with van der Waals surface area (Å²) in [6.45, 7) is 3.96. The van der Waals surface area contributed by atoms with Crippen molar-refractivity contribution in [1.82, 2.24) is 4.98 Å². The van der Waals surface area contributed by atoms with Gasteiger partial charge in [-0.3, -0.25) is 0 Å². The van der Waals surface area contributed by atoms with Crippen LogP contribution in [-0.2, 0) is 4.74 Å². The summed E-state index contributed by atoms with van der Waals surface area (Å²) >= 11 is 0. The highest BCUT2D eigenvalue weighted by molar-refractivity contribution is 5.50. The number of nitrogens with zero attached hydrogens (tertiary/aromatic N) is 2. The second-order valence-electron chi connectivity index (χ2n) is 4.27. The highest BCUT2D eigenvalue weighted by Crippen LogP contribution is 2.21. The Hall–Kier alpha value is -1.29. The summed E-state index contributed by atoms with van der Waals surface area (Å²) in [6.07, 6.45) is 2.55. The maximum atomic E-state index is 5.76. The normalized spacial score (nSPS) is 17.8. The molecule has 0 unspecified atom stereocenters. The Bertz CT molecular complexity index is 359. The monoisotopic (exact) mass is 221 g/mol. The van der Waals surface area contributed by atoms with E-state index in [1.54, 1.807) is 7.11 Å². The number of ether oxygens (including phenoxy) is 1. The molecule has 1 aliphatic rings. The number of nitrogens with two attached hydrogens (primary N) is 1. The smallest absolute Gasteiger partial charge is 0.128 e. The van der Waals surface area contributed by atoms with Crippen LogP contribution in [0.3, 0.4) is 0 Å². The van der Waals surface area contributed by atoms with Gasteiger partial charge in [-0.15, -0.1) is 0 Å². The maximum absolute atomic E-state index is 5.76. The van der Waals surface area contributed by atoms with Crippen LogP contribution in [0.15, 0.2) is 12.1 Å². The van der Waals surface area contributed by atoms with Crippen LogP contribution in [0.25, 0.3) is 0 Å². The van der Waals surface area contributed by atoms with Gasteiger partial charge in [0, 0.05) is 20.2 Å². The number of methoxy groups -OCH3 is 1. The van der Waals surface area contributed by atoms with Gasteiger partial charge in [0.25, 0.3) is 0 Å². The van der Waals surface area contributed by atoms with Crippen LogP contribution >= 0.6 is 0 Å². The third-order valence-corrected chi connectivity index (χ3v) is 3.21. The summed E-state index contributed by atoms with van der Waals surface area (Å²) in [7, 11) is 1.78. The Morgan fingerprint density at radius 3 is 2.62 bits per heavy atom. The van der Waals surface area contributed by atoms with Crippen LogP contribution in [0.5, 0.6) is 0 Å². The molecule has 4 nitrogen and oxygen atoms in total. The lowest BCUT2D eigenvalue weighted by Crippen LogP contribution is -2.37. The molecule has 2 rings (SSSR count). The van der Waals surface area contributed by atoms with Crippen molar-refractivity contribution in [3.05, 3.63) is 17.8 Å². The molecule has 4 heteroatoms. The van der Waals surface area contributed by atoms with Crippen LogP contribution in [-0.4, -0.2) is 31.3 Å². The molecule has 0 saturated carbocycles. The SMILES string of the molecule is COC1CCN(c2ccc(N)c(C)n2)CC1. The molecule has 0 bridgehead atoms. The Balaban J connectivity index is 2.05. The molecule has 1 aromatic rings. The van der Waals surface area contributed by atoms with Crippen molar-refractivity contribution >= 4 is 11.5 Å². The summed E-state index contributed by atoms with van der Waals surface area (Å²) in [6, 6.07) is 3.93. The number of piperidine rings is 1. The van der Waals surface area contributed by atoms with Crippen molar-refractivity contribution in [2.45, 2.75) is 25.9 Å². The lowest BCUT2D eigenvalue weighted by atomic mass is 10.1. The fraction of sp³-hybridized carbons (Fsp3) is 0.583. The zero-order valence-electron chi connectivity index (χ0n) is 9.94. The van der Waals surface area contributed by atoms with Gasteiger partial charge in [-0.2, -0.15) is 0 Å². The molecule has 2 N–H and O–H groups in total. The molecule has 0 radical (unpaired) electrons. The Morgan fingerprint density at radius 2 is 2.06 bits per heavy atom. The first kappa shape index (κ1) is 11.2. The van der Waals surface area contributed by atoms with E-state index in [-0.39, 0.29) is 0 Å². The molecule has 0 spiro atoms. The number of rotatable bonds is 2. The number of hydrogen-bond donors (Lipinski definition) is 1. The molecule has 1 aliphatic heterocycles. The van der Waals surface area contributed by atoms with E-state index in [0.717, 1.165) is 43.1 Å². The molecular weight excluding hydrogens is 202 g/mol. The lowest BCUT2D eigenvalue weighted by Gasteiger charge is -2.32. The Labute approximate surface area is 96.4 Å². The fourth-order valence-electron chi connectivity index (χ4n) is 2.06. The predicted octanol–water partition coefficient (Wildman–Crippen LogP) is 1.59. The first-order chi connectivity index (χ1) is 7.70. The third-order valence-electron chi connectivity index (χ3n) is 3.21. The third kappa shape index (κ3) is 2.27. The molecule has 0 aromatic carbocycles. The van der Waals surface area contributed by atoms with Gasteiger partial charge in [0.2, 0.25) is 0 Å². The molecular formula is C12H19N3O. The van der Waals surface area contributed by atoms with E-state index in [1.807, 2.05) is 19.1 Å². The topological polar surface area (TPSA) is 51.4 Å². The second-order valence-corrected chi connectivity index (χ2v) is 4.27. The van der Waals surface area contributed by atoms with Crippen LogP contribution in [0.1, 0.15) is 18.5 Å². The van der Waals surface area contributed by atoms with E-state index in [9.17, 15) is 0 Å². The summed E-state index contributed by atoms with van der Waals surface area (Å²) in [5.74, 6) is 1.03. The van der Waals surface area contributed by atoms with Gasteiger partial charge >= 0.3 is 0 Å². The molecule has 0 aliphatic carbocycles. The highest BCUT2D eigenvalue weighted by atomic mass is 16.5. The van der Waals surface area contributed by atoms with Crippen molar-refractivity contribution in [2.24, 2.45) is 0 Å². The van der Waals surface area contributed by atoms with Gasteiger partial charge in [0.1, 0.15) is 5.82 Å². The summed E-state index contributed by atoms with van der Waals surface area (Å²) < 4.78 is 5.35. The zero-order valence-corrected chi connectivity index (χ0v) is 9.94. The zero-order chi connectivity index (χ0) is 11.5. The summed E-state index contributed by atoms with van der Waals surface area (Å²) in [5.41, 5.74) is 7.43. The van der Waals surface area contributed by atoms with Crippen LogP contribution in [0.2, 0.25) is 0 Å². The van der Waals surface area contributed by atoms with E-state index in [1.165, 1.54) is 0 Å². The van der Waals surface area contributed by atoms with E-state index in [4.69, 9.17) is 10.5 Å². The molecule has 88 valence electrons. The van der Waals surface area contributed by atoms with Crippen molar-refractivity contribution in [3.8, 4) is 0 Å². The number of aryl methyl sites for hydroxylation is 1. The van der Waals surface area contributed by atoms with Gasteiger partial charge in [-0.05, 0) is 31.9 Å². The van der Waals surface area contributed by atoms with Gasteiger partial charge in [-0.25, -0.2) is 4.98 Å². The molecule has 0 amide bonds. The van der Waals surface area contributed by atoms with Gasteiger partial charge in [0.05, 0.1) is 17.5 Å². The second kappa shape index (κ2) is 4.70. The first-order valence-corrected chi connectivity index (χ1v) is 5.71. The maximum Gasteiger partial charge on any atom is 0.128 e. The number of nitrogen functional groups attached to an aromatic ring is 1. The van der Waals surface area contributed by atoms with Crippen LogP contribution < -0.4 is 10.6 Å². The van der Waals surface area contributed by atoms with E-state index < -0.39 is 0 Å². The number of hydrogen-bond acceptors (Lipinski definition) is 4. The minimum absolute atomic E-state index is 0.408. The van der Waals surface area contributed by atoms with Crippen molar-refractivity contribution in [1.29, 1.82) is 0 Å². The Kier molecular flexibility index (Phi) is 3.29. The van der Waals surface area contributed by atoms with Crippen molar-refractivity contribution in [2.75, 3.05) is 30.8 Å². The summed E-state index contributed by atoms with van der Waals surface area (Å²) in [4.78, 5) is 6.80. The van der Waals surface area contributed by atoms with E-state index in [2.05, 4.69) is 9.88 Å². The fourth-order valence-corrected chi connectivity index (χ4v) is 2.06. The van der Waals surface area contributed by atoms with Gasteiger partial charge in [0.15, 0.2) is 0 Å². The number of anilines is 2. The quantitative estimate of drug-likeness (QED) is 0.824. The largest absolute Gasteiger partial charge is 0.397 e. The molecule has 16 heavy (non-hydrogen) atoms. The van der Waals surface area contributed by atoms with E-state index in [0.29, 0.717) is 6.10 Å². The van der Waals surface area contributed by atoms with Crippen molar-refractivity contribution < 1.29 is 4.74 Å². The van der Waals surface area contributed by atoms with Crippen LogP contribution in [0, 0.1) is 6.92 Å². The standard InChI is InChI=1S/C12H19N3O/c1-9-11(13)3-4-12(14-9)15-7-5-10(16-2)6-8-15/h3-4,10H,5-8,13H2,1-2H3. The molecule has 2 heterocycles. The highest BCUT2D eigenvalue weighted by Gasteiger charge is 2.19. The predicted molar refractivity (Wildman–Crippen MR) is 65.6 cm³/mol. The molecule has 1 aromatic heterocycles. The Morgan fingerprint density at radius 1 is 1.38 bits per heavy atom. The van der Waals surface area contributed by atoms with E-state index >= 15 is 0 Å². The van der Waals surface area contributed by atoms with Crippen molar-refractivity contribution in [3.63, 3.8) is 0 Å². The minimum Gasteiger partial charge on any atom is -0.397 e. The lowest BCUT2D eigenvalue weighted by molar-refractivity contribution is 0.0818. The number of aromatic nitrogens is 1. The minimum atomic E-state index is 0.408. The average molecular weight is 221 g/mol. The number of pyridine rings is 1. The summed E-state index contributed by atoms with van der Waals surface area (Å²) in [5, 5.41) is 0. The first-order valence-electron chi connectivity index (χ1n) is 5.71. The van der Waals surface area contributed by atoms with Gasteiger partial charge < -0.3 is 15.4 Å². The molecule has 0 atom stereocenters. The molecule has 1 saturated heterocycles. The van der Waals surface area contributed by atoms with Gasteiger partial charge in [-0.1, -0.05) is 0 Å².